The summed E-state index contributed by atoms with van der Waals surface area (Å²) in [6.07, 6.45) is 8.45. The highest BCUT2D eigenvalue weighted by Crippen LogP contribution is 2.36. The lowest BCUT2D eigenvalue weighted by molar-refractivity contribution is -0.0368. The molecule has 5 rings (SSSR count). The summed E-state index contributed by atoms with van der Waals surface area (Å²) >= 11 is 6.38. The van der Waals surface area contributed by atoms with Crippen LogP contribution in [-0.4, -0.2) is 39.4 Å². The van der Waals surface area contributed by atoms with Gasteiger partial charge in [0.05, 0.1) is 16.9 Å². The van der Waals surface area contributed by atoms with Gasteiger partial charge in [-0.15, -0.1) is 5.10 Å². The summed E-state index contributed by atoms with van der Waals surface area (Å²) in [6, 6.07) is 7.65. The van der Waals surface area contributed by atoms with Gasteiger partial charge in [-0.2, -0.15) is 0 Å². The van der Waals surface area contributed by atoms with Crippen LogP contribution >= 0.6 is 11.6 Å². The van der Waals surface area contributed by atoms with Crippen molar-refractivity contribution in [1.82, 2.24) is 19.7 Å². The highest BCUT2D eigenvalue weighted by atomic mass is 35.5. The van der Waals surface area contributed by atoms with E-state index in [2.05, 4.69) is 24.1 Å². The van der Waals surface area contributed by atoms with Crippen molar-refractivity contribution in [2.45, 2.75) is 58.6 Å². The Balaban J connectivity index is 1.51. The number of nitrogens with one attached hydrogen (secondary N) is 1. The zero-order valence-electron chi connectivity index (χ0n) is 18.9. The lowest BCUT2D eigenvalue weighted by atomic mass is 9.78. The first-order chi connectivity index (χ1) is 15.6. The predicted octanol–water partition coefficient (Wildman–Crippen LogP) is 5.94. The van der Waals surface area contributed by atoms with Crippen LogP contribution in [0.1, 0.15) is 58.6 Å². The fourth-order valence-electron chi connectivity index (χ4n) is 4.57. The van der Waals surface area contributed by atoms with Crippen molar-refractivity contribution in [2.75, 3.05) is 29.9 Å². The number of anilines is 3. The summed E-state index contributed by atoms with van der Waals surface area (Å²) in [7, 11) is 0. The number of halogens is 1. The topological polar surface area (TPSA) is 68.1 Å². The number of fused-ring (bicyclic) bond motifs is 1. The van der Waals surface area contributed by atoms with Crippen molar-refractivity contribution in [2.24, 2.45) is 5.41 Å². The molecule has 32 heavy (non-hydrogen) atoms. The molecule has 0 bridgehead atoms. The maximum atomic E-state index is 6.38. The third-order valence-electron chi connectivity index (χ3n) is 7.09. The summed E-state index contributed by atoms with van der Waals surface area (Å²) in [5.74, 6) is 1.57. The fraction of sp³-hybridized carbons (Fsp3) is 0.542. The first-order valence-electron chi connectivity index (χ1n) is 11.7. The number of hydrogen-bond donors (Lipinski definition) is 1. The number of aromatic nitrogens is 4. The average molecular weight is 455 g/mol. The minimum Gasteiger partial charge on any atom is -0.356 e. The molecule has 7 nitrogen and oxygen atoms in total. The Bertz CT molecular complexity index is 1090. The van der Waals surface area contributed by atoms with Crippen LogP contribution in [0.2, 0.25) is 5.02 Å². The number of ether oxygens (including phenoxy) is 1. The van der Waals surface area contributed by atoms with E-state index in [1.807, 2.05) is 35.1 Å². The Morgan fingerprint density at radius 1 is 1.22 bits per heavy atom. The van der Waals surface area contributed by atoms with Crippen molar-refractivity contribution in [3.8, 4) is 0 Å². The second kappa shape index (κ2) is 8.87. The van der Waals surface area contributed by atoms with E-state index < -0.39 is 0 Å². The Kier molecular flexibility index (Phi) is 5.95. The van der Waals surface area contributed by atoms with E-state index in [1.165, 1.54) is 19.3 Å². The molecule has 8 heteroatoms. The fourth-order valence-corrected chi connectivity index (χ4v) is 4.76. The van der Waals surface area contributed by atoms with Gasteiger partial charge < -0.3 is 15.0 Å². The predicted molar refractivity (Wildman–Crippen MR) is 129 cm³/mol. The zero-order chi connectivity index (χ0) is 22.1. The maximum Gasteiger partial charge on any atom is 0.183 e. The van der Waals surface area contributed by atoms with Gasteiger partial charge in [-0.1, -0.05) is 44.0 Å². The van der Waals surface area contributed by atoms with E-state index in [9.17, 15) is 0 Å². The third-order valence-corrected chi connectivity index (χ3v) is 7.42. The summed E-state index contributed by atoms with van der Waals surface area (Å²) in [5.41, 5.74) is 2.72. The molecule has 2 saturated heterocycles. The highest BCUT2D eigenvalue weighted by molar-refractivity contribution is 6.33. The van der Waals surface area contributed by atoms with Crippen LogP contribution in [-0.2, 0) is 4.74 Å². The summed E-state index contributed by atoms with van der Waals surface area (Å²) in [6.45, 7) is 7.43. The molecule has 1 aromatic carbocycles. The van der Waals surface area contributed by atoms with Gasteiger partial charge >= 0.3 is 0 Å². The minimum absolute atomic E-state index is 0.123. The van der Waals surface area contributed by atoms with Crippen molar-refractivity contribution in [1.29, 1.82) is 0 Å². The molecule has 0 aliphatic carbocycles. The van der Waals surface area contributed by atoms with Crippen LogP contribution in [0.15, 0.2) is 30.5 Å². The smallest absolute Gasteiger partial charge is 0.183 e. The first kappa shape index (κ1) is 21.5. The van der Waals surface area contributed by atoms with Crippen LogP contribution in [0, 0.1) is 5.41 Å². The minimum atomic E-state index is -0.123. The molecule has 1 atom stereocenters. The van der Waals surface area contributed by atoms with E-state index in [0.717, 1.165) is 61.6 Å². The van der Waals surface area contributed by atoms with Crippen molar-refractivity contribution in [3.63, 3.8) is 0 Å². The number of rotatable bonds is 5. The van der Waals surface area contributed by atoms with E-state index >= 15 is 0 Å². The van der Waals surface area contributed by atoms with E-state index in [1.54, 1.807) is 0 Å². The van der Waals surface area contributed by atoms with Crippen molar-refractivity contribution >= 4 is 40.1 Å². The van der Waals surface area contributed by atoms with Crippen LogP contribution in [0.5, 0.6) is 0 Å². The summed E-state index contributed by atoms with van der Waals surface area (Å²) in [5, 5.41) is 8.85. The molecular weight excluding hydrogens is 424 g/mol. The van der Waals surface area contributed by atoms with Crippen LogP contribution in [0.4, 0.5) is 17.3 Å². The standard InChI is InChI=1S/C24H31ClN6O/c1-3-24(2)11-13-30(14-12-24)19-16-26-21-22(27-18-9-5-4-8-17(18)25)29-31(23(21)28-19)20-10-6-7-15-32-20/h4-5,8-9,16,20H,3,6-7,10-15H2,1-2H3,(H,27,29). The molecule has 2 fully saturated rings. The molecular formula is C24H31ClN6O. The van der Waals surface area contributed by atoms with Crippen LogP contribution in [0.25, 0.3) is 11.2 Å². The second-order valence-corrected chi connectivity index (χ2v) is 9.68. The first-order valence-corrected chi connectivity index (χ1v) is 12.1. The molecule has 2 aliphatic heterocycles. The van der Waals surface area contributed by atoms with Gasteiger partial charge in [0, 0.05) is 19.7 Å². The molecule has 3 aromatic rings. The highest BCUT2D eigenvalue weighted by Gasteiger charge is 2.30. The Morgan fingerprint density at radius 3 is 2.75 bits per heavy atom. The Labute approximate surface area is 194 Å². The molecule has 1 N–H and O–H groups in total. The van der Waals surface area contributed by atoms with Gasteiger partial charge in [-0.25, -0.2) is 14.6 Å². The largest absolute Gasteiger partial charge is 0.356 e. The lowest BCUT2D eigenvalue weighted by Crippen LogP contribution is -2.38. The number of para-hydroxylation sites is 1. The van der Waals surface area contributed by atoms with E-state index in [-0.39, 0.29) is 6.23 Å². The van der Waals surface area contributed by atoms with E-state index in [4.69, 9.17) is 31.4 Å². The van der Waals surface area contributed by atoms with Gasteiger partial charge in [-0.05, 0) is 49.7 Å². The number of hydrogen-bond acceptors (Lipinski definition) is 6. The SMILES string of the molecule is CCC1(C)CCN(c2cnc3c(Nc4ccccc4Cl)nn(C4CCCCO4)c3n2)CC1. The second-order valence-electron chi connectivity index (χ2n) is 9.27. The summed E-state index contributed by atoms with van der Waals surface area (Å²) in [4.78, 5) is 12.2. The van der Waals surface area contributed by atoms with E-state index in [0.29, 0.717) is 16.3 Å². The molecule has 2 aliphatic rings. The number of nitrogens with zero attached hydrogens (tertiary/aromatic N) is 5. The van der Waals surface area contributed by atoms with Crippen molar-refractivity contribution < 1.29 is 4.74 Å². The van der Waals surface area contributed by atoms with Gasteiger partial charge in [-0.3, -0.25) is 0 Å². The summed E-state index contributed by atoms with van der Waals surface area (Å²) < 4.78 is 7.96. The van der Waals surface area contributed by atoms with Gasteiger partial charge in [0.15, 0.2) is 23.2 Å². The lowest BCUT2D eigenvalue weighted by Gasteiger charge is -2.39. The monoisotopic (exact) mass is 454 g/mol. The molecule has 0 saturated carbocycles. The average Bonchev–Trinajstić information content (AvgIpc) is 3.19. The maximum absolute atomic E-state index is 6.38. The molecule has 1 unspecified atom stereocenters. The Morgan fingerprint density at radius 2 is 2.03 bits per heavy atom. The van der Waals surface area contributed by atoms with Gasteiger partial charge in [0.2, 0.25) is 0 Å². The van der Waals surface area contributed by atoms with Gasteiger partial charge in [0.25, 0.3) is 0 Å². The van der Waals surface area contributed by atoms with Crippen LogP contribution < -0.4 is 10.2 Å². The molecule has 0 spiro atoms. The molecule has 170 valence electrons. The third kappa shape index (κ3) is 4.16. The van der Waals surface area contributed by atoms with Crippen molar-refractivity contribution in [3.05, 3.63) is 35.5 Å². The van der Waals surface area contributed by atoms with Crippen LogP contribution in [0.3, 0.4) is 0 Å². The quantitative estimate of drug-likeness (QED) is 0.514. The molecule has 2 aromatic heterocycles. The molecule has 4 heterocycles. The zero-order valence-corrected chi connectivity index (χ0v) is 19.6. The molecule has 0 amide bonds. The number of benzene rings is 1. The Hall–Kier alpha value is -2.38. The normalized spacial score (nSPS) is 21.1. The van der Waals surface area contributed by atoms with Gasteiger partial charge in [0.1, 0.15) is 5.82 Å². The molecule has 0 radical (unpaired) electrons. The number of piperidine rings is 1.